The Hall–Kier alpha value is -3.32. The van der Waals surface area contributed by atoms with Crippen LogP contribution in [0.3, 0.4) is 0 Å². The van der Waals surface area contributed by atoms with Crippen LogP contribution in [0.25, 0.3) is 0 Å². The Kier molecular flexibility index (Phi) is 6.52. The largest absolute Gasteiger partial charge is 0.573 e. The second-order valence-corrected chi connectivity index (χ2v) is 10.6. The highest BCUT2D eigenvalue weighted by molar-refractivity contribution is 7.89. The fraction of sp³-hybridized carbons (Fsp3) is 0.280. The van der Waals surface area contributed by atoms with Crippen LogP contribution in [0.1, 0.15) is 0 Å². The van der Waals surface area contributed by atoms with Crippen molar-refractivity contribution in [2.45, 2.75) is 29.4 Å². The summed E-state index contributed by atoms with van der Waals surface area (Å²) < 4.78 is 75.9. The van der Waals surface area contributed by atoms with Crippen LogP contribution < -0.4 is 19.1 Å². The number of sulfonamides is 1. The number of anilines is 2. The molecule has 0 aromatic heterocycles. The maximum Gasteiger partial charge on any atom is 0.573 e. The van der Waals surface area contributed by atoms with Crippen molar-refractivity contribution >= 4 is 21.4 Å². The molecule has 2 N–H and O–H groups in total. The van der Waals surface area contributed by atoms with Gasteiger partial charge in [-0.25, -0.2) is 13.1 Å². The van der Waals surface area contributed by atoms with Gasteiger partial charge in [0, 0.05) is 13.1 Å². The Balaban J connectivity index is 1.42. The van der Waals surface area contributed by atoms with Crippen LogP contribution in [-0.4, -0.2) is 63.1 Å². The zero-order chi connectivity index (χ0) is 26.4. The second kappa shape index (κ2) is 9.53. The van der Waals surface area contributed by atoms with Crippen molar-refractivity contribution in [3.8, 4) is 17.2 Å². The number of fused-ring (bicyclic) bond motifs is 2. The molecule has 0 aliphatic carbocycles. The molecule has 37 heavy (non-hydrogen) atoms. The summed E-state index contributed by atoms with van der Waals surface area (Å²) in [6.45, 7) is 0.658. The summed E-state index contributed by atoms with van der Waals surface area (Å²) in [4.78, 5) is 3.62. The Morgan fingerprint density at radius 3 is 2.08 bits per heavy atom. The second-order valence-electron chi connectivity index (χ2n) is 8.93. The van der Waals surface area contributed by atoms with Gasteiger partial charge in [-0.15, -0.1) is 13.2 Å². The number of nitrogens with zero attached hydrogens (tertiary/aromatic N) is 2. The van der Waals surface area contributed by atoms with Crippen molar-refractivity contribution in [3.05, 3.63) is 72.8 Å². The molecule has 3 aromatic carbocycles. The third kappa shape index (κ3) is 5.23. The van der Waals surface area contributed by atoms with E-state index < -0.39 is 40.3 Å². The predicted molar refractivity (Wildman–Crippen MR) is 130 cm³/mol. The molecule has 1 saturated heterocycles. The average Bonchev–Trinajstić information content (AvgIpc) is 2.84. The van der Waals surface area contributed by atoms with Gasteiger partial charge in [-0.2, -0.15) is 0 Å². The molecule has 196 valence electrons. The number of rotatable bonds is 5. The minimum absolute atomic E-state index is 0.222. The van der Waals surface area contributed by atoms with E-state index in [-0.39, 0.29) is 11.4 Å². The highest BCUT2D eigenvalue weighted by Crippen LogP contribution is 2.48. The Morgan fingerprint density at radius 2 is 1.51 bits per heavy atom. The summed E-state index contributed by atoms with van der Waals surface area (Å²) in [6.07, 6.45) is -6.01. The molecular formula is C25H24F3N3O5S. The van der Waals surface area contributed by atoms with Gasteiger partial charge in [0.15, 0.2) is 11.5 Å². The van der Waals surface area contributed by atoms with E-state index in [0.29, 0.717) is 18.0 Å². The highest BCUT2D eigenvalue weighted by atomic mass is 32.2. The highest BCUT2D eigenvalue weighted by Gasteiger charge is 2.42. The maximum absolute atomic E-state index is 13.1. The molecule has 0 radical (unpaired) electrons. The maximum atomic E-state index is 13.1. The van der Waals surface area contributed by atoms with Gasteiger partial charge >= 0.3 is 6.36 Å². The van der Waals surface area contributed by atoms with Gasteiger partial charge in [0.2, 0.25) is 10.0 Å². The molecule has 12 heteroatoms. The molecular weight excluding hydrogens is 511 g/mol. The number of aliphatic hydroxyl groups is 1. The Morgan fingerprint density at radius 1 is 0.946 bits per heavy atom. The summed E-state index contributed by atoms with van der Waals surface area (Å²) in [5.74, 6) is 0.688. The molecule has 0 amide bonds. The monoisotopic (exact) mass is 535 g/mol. The van der Waals surface area contributed by atoms with E-state index in [0.717, 1.165) is 35.6 Å². The van der Waals surface area contributed by atoms with E-state index in [1.807, 2.05) is 65.4 Å². The topological polar surface area (TPSA) is 91.3 Å². The van der Waals surface area contributed by atoms with Gasteiger partial charge in [0.05, 0.1) is 34.5 Å². The Bertz CT molecular complexity index is 1340. The van der Waals surface area contributed by atoms with Crippen molar-refractivity contribution in [2.24, 2.45) is 0 Å². The number of alkyl halides is 3. The number of hydrogen-bond acceptors (Lipinski definition) is 7. The first-order valence-corrected chi connectivity index (χ1v) is 12.9. The van der Waals surface area contributed by atoms with Crippen LogP contribution in [0.15, 0.2) is 77.7 Å². The summed E-state index contributed by atoms with van der Waals surface area (Å²) >= 11 is 0. The molecule has 2 aliphatic heterocycles. The molecule has 3 atom stereocenters. The Labute approximate surface area is 211 Å². The van der Waals surface area contributed by atoms with Gasteiger partial charge in [-0.3, -0.25) is 0 Å². The number of likely N-dealkylation sites (tertiary alicyclic amines) is 1. The average molecular weight is 536 g/mol. The first-order valence-electron chi connectivity index (χ1n) is 11.4. The molecule has 5 rings (SSSR count). The van der Waals surface area contributed by atoms with Crippen molar-refractivity contribution < 1.29 is 36.2 Å². The molecule has 0 unspecified atom stereocenters. The van der Waals surface area contributed by atoms with Crippen LogP contribution >= 0.6 is 0 Å². The lowest BCUT2D eigenvalue weighted by molar-refractivity contribution is -0.274. The lowest BCUT2D eigenvalue weighted by Crippen LogP contribution is -2.64. The van der Waals surface area contributed by atoms with Crippen molar-refractivity contribution in [2.75, 3.05) is 25.0 Å². The molecule has 8 nitrogen and oxygen atoms in total. The third-order valence-corrected chi connectivity index (χ3v) is 7.79. The molecule has 0 saturated carbocycles. The van der Waals surface area contributed by atoms with Crippen LogP contribution in [0.4, 0.5) is 24.5 Å². The minimum Gasteiger partial charge on any atom is -0.453 e. The van der Waals surface area contributed by atoms with Crippen LogP contribution in [0, 0.1) is 0 Å². The first kappa shape index (κ1) is 25.3. The van der Waals surface area contributed by atoms with E-state index in [4.69, 9.17) is 4.74 Å². The molecule has 0 bridgehead atoms. The molecule has 1 fully saturated rings. The minimum atomic E-state index is -4.89. The van der Waals surface area contributed by atoms with E-state index in [1.54, 1.807) is 0 Å². The fourth-order valence-electron chi connectivity index (χ4n) is 4.73. The van der Waals surface area contributed by atoms with Gasteiger partial charge in [-0.1, -0.05) is 24.3 Å². The molecule has 0 spiro atoms. The van der Waals surface area contributed by atoms with Gasteiger partial charge < -0.3 is 24.4 Å². The molecule has 2 aliphatic rings. The van der Waals surface area contributed by atoms with Crippen molar-refractivity contribution in [1.82, 2.24) is 9.62 Å². The summed E-state index contributed by atoms with van der Waals surface area (Å²) in [5, 5.41) is 11.5. The van der Waals surface area contributed by atoms with E-state index in [9.17, 15) is 26.7 Å². The lowest BCUT2D eigenvalue weighted by atomic mass is 9.95. The quantitative estimate of drug-likeness (QED) is 0.513. The summed E-state index contributed by atoms with van der Waals surface area (Å²) in [6, 6.07) is 17.2. The molecule has 2 heterocycles. The van der Waals surface area contributed by atoms with Crippen LogP contribution in [0.2, 0.25) is 0 Å². The number of hydrogen-bond donors (Lipinski definition) is 2. The first-order chi connectivity index (χ1) is 17.5. The fourth-order valence-corrected chi connectivity index (χ4v) is 5.98. The lowest BCUT2D eigenvalue weighted by Gasteiger charge is -2.47. The summed E-state index contributed by atoms with van der Waals surface area (Å²) in [5.41, 5.74) is 1.48. The van der Waals surface area contributed by atoms with E-state index in [1.165, 1.54) is 0 Å². The van der Waals surface area contributed by atoms with E-state index >= 15 is 0 Å². The van der Waals surface area contributed by atoms with Gasteiger partial charge in [-0.05, 0) is 55.6 Å². The van der Waals surface area contributed by atoms with Crippen molar-refractivity contribution in [1.29, 1.82) is 0 Å². The van der Waals surface area contributed by atoms with Crippen molar-refractivity contribution in [3.63, 3.8) is 0 Å². The number of piperidine rings is 1. The number of likely N-dealkylation sites (N-methyl/N-ethyl adjacent to an activating group) is 1. The number of ether oxygens (including phenoxy) is 2. The normalized spacial score (nSPS) is 22.1. The smallest absolute Gasteiger partial charge is 0.453 e. The van der Waals surface area contributed by atoms with Gasteiger partial charge in [0.1, 0.15) is 5.75 Å². The number of benzene rings is 3. The molecule has 3 aromatic rings. The van der Waals surface area contributed by atoms with Gasteiger partial charge in [0.25, 0.3) is 0 Å². The zero-order valence-corrected chi connectivity index (χ0v) is 20.4. The predicted octanol–water partition coefficient (Wildman–Crippen LogP) is 3.85. The number of nitrogens with one attached hydrogen (secondary N) is 1. The SMILES string of the molecule is CN1C[C@H](NS(=O)(=O)c2ccc(OC(F)(F)F)cc2)[C@@H](O)[C@H](N2c3ccccc3Oc3ccccc32)C1. The number of halogens is 3. The number of aliphatic hydroxyl groups excluding tert-OH is 1. The third-order valence-electron chi connectivity index (χ3n) is 6.29. The van der Waals surface area contributed by atoms with Crippen LogP contribution in [0.5, 0.6) is 17.2 Å². The zero-order valence-electron chi connectivity index (χ0n) is 19.6. The standard InChI is InChI=1S/C25H24F3N3O5S/c1-30-14-18(29-37(33,34)17-12-10-16(11-13-17)36-25(26,27)28)24(32)21(15-30)31-19-6-2-4-8-22(19)35-23-9-5-3-7-20(23)31/h2-13,18,21,24,29,32H,14-15H2,1H3/t18-,21+,24+/m0/s1. The summed E-state index contributed by atoms with van der Waals surface area (Å²) in [7, 11) is -2.35. The van der Waals surface area contributed by atoms with Crippen LogP contribution in [-0.2, 0) is 10.0 Å². The number of para-hydroxylation sites is 4. The van der Waals surface area contributed by atoms with E-state index in [2.05, 4.69) is 9.46 Å².